The second kappa shape index (κ2) is 12.8. The van der Waals surface area contributed by atoms with E-state index in [-0.39, 0.29) is 12.2 Å². The SMILES string of the molecule is CNS(=O)(=O)NC(=O)c1nc(CN(CCCc2ccccc2)C(=O)[C@H](O)c2ccc(OC)cc2)sc1C. The van der Waals surface area contributed by atoms with Gasteiger partial charge in [-0.2, -0.15) is 8.42 Å². The number of hydrogen-bond acceptors (Lipinski definition) is 8. The number of carbonyl (C=O) groups is 2. The summed E-state index contributed by atoms with van der Waals surface area (Å²) in [4.78, 5) is 32.1. The normalized spacial score (nSPS) is 12.1. The highest BCUT2D eigenvalue weighted by Crippen LogP contribution is 2.24. The Morgan fingerprint density at radius 3 is 2.43 bits per heavy atom. The lowest BCUT2D eigenvalue weighted by molar-refractivity contribution is -0.141. The van der Waals surface area contributed by atoms with Gasteiger partial charge < -0.3 is 14.7 Å². The number of carbonyl (C=O) groups excluding carboxylic acids is 2. The number of aliphatic hydroxyl groups is 1. The predicted molar refractivity (Wildman–Crippen MR) is 140 cm³/mol. The molecule has 0 saturated carbocycles. The summed E-state index contributed by atoms with van der Waals surface area (Å²) in [7, 11) is -1.27. The molecular weight excluding hydrogens is 516 g/mol. The molecule has 1 heterocycles. The summed E-state index contributed by atoms with van der Waals surface area (Å²) >= 11 is 1.19. The second-order valence-electron chi connectivity index (χ2n) is 8.18. The van der Waals surface area contributed by atoms with E-state index in [1.165, 1.54) is 30.4 Å². The first-order valence-corrected chi connectivity index (χ1v) is 13.8. The average Bonchev–Trinajstić information content (AvgIpc) is 3.27. The average molecular weight is 547 g/mol. The monoisotopic (exact) mass is 546 g/mol. The molecule has 3 aromatic rings. The summed E-state index contributed by atoms with van der Waals surface area (Å²) < 4.78 is 32.4. The topological polar surface area (TPSA) is 138 Å². The highest BCUT2D eigenvalue weighted by molar-refractivity contribution is 7.88. The van der Waals surface area contributed by atoms with Crippen molar-refractivity contribution in [2.24, 2.45) is 0 Å². The summed E-state index contributed by atoms with van der Waals surface area (Å²) in [5.74, 6) is -0.767. The number of rotatable bonds is 12. The molecule has 0 unspecified atom stereocenters. The standard InChI is InChI=1S/C25H30N4O6S2/c1-17-22(24(31)28-37(33,34)26-2)27-21(36-17)16-29(15-7-10-18-8-5-4-6-9-18)25(32)23(30)19-11-13-20(35-3)14-12-19/h4-6,8-9,11-14,23,26,30H,7,10,15-16H2,1-3H3,(H,28,31)/t23-/m1/s1. The van der Waals surface area contributed by atoms with E-state index in [4.69, 9.17) is 4.74 Å². The third-order valence-electron chi connectivity index (χ3n) is 5.59. The zero-order valence-corrected chi connectivity index (χ0v) is 22.4. The van der Waals surface area contributed by atoms with Crippen LogP contribution in [0.3, 0.4) is 0 Å². The predicted octanol–water partition coefficient (Wildman–Crippen LogP) is 2.35. The number of methoxy groups -OCH3 is 1. The van der Waals surface area contributed by atoms with Crippen LogP contribution in [0.1, 0.15) is 44.0 Å². The van der Waals surface area contributed by atoms with Crippen LogP contribution in [0.4, 0.5) is 0 Å². The molecule has 2 aromatic carbocycles. The molecule has 12 heteroatoms. The van der Waals surface area contributed by atoms with Crippen molar-refractivity contribution in [3.05, 3.63) is 81.3 Å². The number of amides is 2. The van der Waals surface area contributed by atoms with E-state index in [2.05, 4.69) is 4.98 Å². The lowest BCUT2D eigenvalue weighted by Gasteiger charge is -2.25. The molecule has 0 spiro atoms. The molecule has 10 nitrogen and oxygen atoms in total. The Balaban J connectivity index is 1.79. The number of nitrogens with zero attached hydrogens (tertiary/aromatic N) is 2. The molecular formula is C25H30N4O6S2. The van der Waals surface area contributed by atoms with Crippen LogP contribution in [0.2, 0.25) is 0 Å². The second-order valence-corrected chi connectivity index (χ2v) is 11.1. The van der Waals surface area contributed by atoms with Crippen LogP contribution < -0.4 is 14.2 Å². The number of aliphatic hydroxyl groups excluding tert-OH is 1. The number of aryl methyl sites for hydroxylation is 2. The Morgan fingerprint density at radius 2 is 1.81 bits per heavy atom. The minimum absolute atomic E-state index is 0.0359. The van der Waals surface area contributed by atoms with Crippen molar-refractivity contribution in [3.8, 4) is 5.75 Å². The van der Waals surface area contributed by atoms with Crippen LogP contribution >= 0.6 is 11.3 Å². The van der Waals surface area contributed by atoms with Crippen molar-refractivity contribution < 1.29 is 27.9 Å². The van der Waals surface area contributed by atoms with Gasteiger partial charge in [-0.15, -0.1) is 11.3 Å². The number of ether oxygens (including phenoxy) is 1. The smallest absolute Gasteiger partial charge is 0.301 e. The molecule has 0 fully saturated rings. The van der Waals surface area contributed by atoms with Gasteiger partial charge in [-0.1, -0.05) is 42.5 Å². The number of hydrogen-bond donors (Lipinski definition) is 3. The molecule has 0 aliphatic rings. The van der Waals surface area contributed by atoms with Crippen molar-refractivity contribution >= 4 is 33.4 Å². The summed E-state index contributed by atoms with van der Waals surface area (Å²) in [6.45, 7) is 2.05. The van der Waals surface area contributed by atoms with Crippen LogP contribution in [0.15, 0.2) is 54.6 Å². The van der Waals surface area contributed by atoms with E-state index >= 15 is 0 Å². The van der Waals surface area contributed by atoms with E-state index < -0.39 is 28.1 Å². The van der Waals surface area contributed by atoms with Gasteiger partial charge in [0.05, 0.1) is 13.7 Å². The third-order valence-corrected chi connectivity index (χ3v) is 7.54. The molecule has 3 N–H and O–H groups in total. The van der Waals surface area contributed by atoms with E-state index in [1.807, 2.05) is 39.8 Å². The molecule has 0 bridgehead atoms. The molecule has 3 rings (SSSR count). The Hall–Kier alpha value is -3.32. The van der Waals surface area contributed by atoms with Crippen molar-refractivity contribution in [2.75, 3.05) is 20.7 Å². The quantitative estimate of drug-likeness (QED) is 0.317. The molecule has 0 aliphatic carbocycles. The Labute approximate surface area is 220 Å². The van der Waals surface area contributed by atoms with E-state index in [0.717, 1.165) is 12.0 Å². The number of benzene rings is 2. The zero-order valence-electron chi connectivity index (χ0n) is 20.8. The van der Waals surface area contributed by atoms with Crippen molar-refractivity contribution in [1.29, 1.82) is 0 Å². The maximum atomic E-state index is 13.4. The van der Waals surface area contributed by atoms with Gasteiger partial charge in [-0.05, 0) is 43.0 Å². The fraction of sp³-hybridized carbons (Fsp3) is 0.320. The first-order chi connectivity index (χ1) is 17.6. The third kappa shape index (κ3) is 7.83. The lowest BCUT2D eigenvalue weighted by atomic mass is 10.1. The van der Waals surface area contributed by atoms with E-state index in [9.17, 15) is 23.1 Å². The van der Waals surface area contributed by atoms with Gasteiger partial charge in [0, 0.05) is 18.5 Å². The van der Waals surface area contributed by atoms with Crippen LogP contribution in [0.5, 0.6) is 5.75 Å². The van der Waals surface area contributed by atoms with Gasteiger partial charge in [-0.3, -0.25) is 9.59 Å². The Kier molecular flexibility index (Phi) is 9.75. The molecule has 37 heavy (non-hydrogen) atoms. The van der Waals surface area contributed by atoms with Crippen LogP contribution in [0, 0.1) is 6.92 Å². The summed E-state index contributed by atoms with van der Waals surface area (Å²) in [5.41, 5.74) is 1.51. The maximum absolute atomic E-state index is 13.4. The van der Waals surface area contributed by atoms with Crippen molar-refractivity contribution in [2.45, 2.75) is 32.4 Å². The molecule has 0 saturated heterocycles. The number of thiazole rings is 1. The van der Waals surface area contributed by atoms with Gasteiger partial charge >= 0.3 is 10.2 Å². The van der Waals surface area contributed by atoms with Crippen LogP contribution in [0.25, 0.3) is 0 Å². The first kappa shape index (κ1) is 28.3. The molecule has 198 valence electrons. The maximum Gasteiger partial charge on any atom is 0.301 e. The zero-order chi connectivity index (χ0) is 27.0. The molecule has 2 amide bonds. The van der Waals surface area contributed by atoms with Crippen LogP contribution in [-0.4, -0.2) is 55.9 Å². The van der Waals surface area contributed by atoms with E-state index in [1.54, 1.807) is 31.2 Å². The highest BCUT2D eigenvalue weighted by Gasteiger charge is 2.26. The van der Waals surface area contributed by atoms with Crippen molar-refractivity contribution in [1.82, 2.24) is 19.3 Å². The van der Waals surface area contributed by atoms with Gasteiger partial charge in [0.2, 0.25) is 0 Å². The van der Waals surface area contributed by atoms with Crippen LogP contribution in [-0.2, 0) is 28.0 Å². The minimum atomic E-state index is -3.99. The fourth-order valence-corrected chi connectivity index (χ4v) is 4.99. The number of nitrogens with one attached hydrogen (secondary N) is 2. The summed E-state index contributed by atoms with van der Waals surface area (Å²) in [6, 6.07) is 16.4. The fourth-order valence-electron chi connectivity index (χ4n) is 3.60. The Bertz CT molecular complexity index is 1310. The largest absolute Gasteiger partial charge is 0.497 e. The summed E-state index contributed by atoms with van der Waals surface area (Å²) in [5, 5.41) is 11.3. The van der Waals surface area contributed by atoms with Crippen molar-refractivity contribution in [3.63, 3.8) is 0 Å². The minimum Gasteiger partial charge on any atom is -0.497 e. The lowest BCUT2D eigenvalue weighted by Crippen LogP contribution is -2.38. The van der Waals surface area contributed by atoms with Gasteiger partial charge in [0.25, 0.3) is 11.8 Å². The first-order valence-electron chi connectivity index (χ1n) is 11.5. The Morgan fingerprint density at radius 1 is 1.14 bits per heavy atom. The van der Waals surface area contributed by atoms with Gasteiger partial charge in [0.15, 0.2) is 6.10 Å². The molecule has 1 atom stereocenters. The molecule has 1 aromatic heterocycles. The molecule has 0 radical (unpaired) electrons. The molecule has 0 aliphatic heterocycles. The van der Waals surface area contributed by atoms with E-state index in [0.29, 0.717) is 34.2 Å². The summed E-state index contributed by atoms with van der Waals surface area (Å²) in [6.07, 6.45) is -0.0222. The van der Waals surface area contributed by atoms with Gasteiger partial charge in [0.1, 0.15) is 16.5 Å². The highest BCUT2D eigenvalue weighted by atomic mass is 32.2. The van der Waals surface area contributed by atoms with Gasteiger partial charge in [-0.25, -0.2) is 14.4 Å². The number of aromatic nitrogens is 1.